The molecule has 3 rings (SSSR count). The summed E-state index contributed by atoms with van der Waals surface area (Å²) in [6, 6.07) is 17.8. The van der Waals surface area contributed by atoms with Crippen LogP contribution >= 0.6 is 11.6 Å². The molecule has 0 saturated heterocycles. The zero-order chi connectivity index (χ0) is 22.6. The van der Waals surface area contributed by atoms with Gasteiger partial charge in [-0.2, -0.15) is 0 Å². The molecule has 8 nitrogen and oxygen atoms in total. The number of nitro groups is 1. The third-order valence-corrected chi connectivity index (χ3v) is 6.81. The molecule has 0 aliphatic heterocycles. The molecule has 0 atom stereocenters. The van der Waals surface area contributed by atoms with Gasteiger partial charge >= 0.3 is 0 Å². The van der Waals surface area contributed by atoms with Gasteiger partial charge in [-0.3, -0.25) is 19.2 Å². The number of nitrogens with one attached hydrogen (secondary N) is 1. The molecular weight excluding hydrogens is 442 g/mol. The molecular formula is C21H18ClN3O5S. The summed E-state index contributed by atoms with van der Waals surface area (Å²) in [7, 11) is -4.00. The van der Waals surface area contributed by atoms with Gasteiger partial charge in [0.25, 0.3) is 21.6 Å². The molecule has 0 aliphatic rings. The van der Waals surface area contributed by atoms with Gasteiger partial charge in [-0.1, -0.05) is 29.8 Å². The van der Waals surface area contributed by atoms with Crippen molar-refractivity contribution in [2.45, 2.75) is 11.8 Å². The topological polar surface area (TPSA) is 110 Å². The van der Waals surface area contributed by atoms with E-state index >= 15 is 0 Å². The lowest BCUT2D eigenvalue weighted by molar-refractivity contribution is -0.384. The first kappa shape index (κ1) is 22.3. The Morgan fingerprint density at radius 2 is 1.71 bits per heavy atom. The first-order valence-electron chi connectivity index (χ1n) is 9.17. The number of nitrogens with zero attached hydrogens (tertiary/aromatic N) is 2. The number of para-hydroxylation sites is 1. The minimum Gasteiger partial charge on any atom is -0.322 e. The maximum absolute atomic E-state index is 13.3. The van der Waals surface area contributed by atoms with Crippen molar-refractivity contribution in [2.75, 3.05) is 16.2 Å². The van der Waals surface area contributed by atoms with Crippen molar-refractivity contribution in [3.63, 3.8) is 0 Å². The highest BCUT2D eigenvalue weighted by atomic mass is 35.5. The second-order valence-corrected chi connectivity index (χ2v) is 8.65. The highest BCUT2D eigenvalue weighted by Gasteiger charge is 2.26. The summed E-state index contributed by atoms with van der Waals surface area (Å²) >= 11 is 6.19. The number of carbonyl (C=O) groups excluding carboxylic acids is 1. The maximum atomic E-state index is 13.3. The molecule has 10 heteroatoms. The first-order chi connectivity index (χ1) is 14.7. The normalized spacial score (nSPS) is 11.0. The number of non-ortho nitro benzene ring substituents is 1. The number of rotatable bonds is 7. The van der Waals surface area contributed by atoms with Crippen molar-refractivity contribution < 1.29 is 18.1 Å². The lowest BCUT2D eigenvalue weighted by atomic mass is 10.2. The summed E-state index contributed by atoms with van der Waals surface area (Å²) in [4.78, 5) is 22.5. The van der Waals surface area contributed by atoms with Crippen molar-refractivity contribution >= 4 is 44.6 Å². The predicted octanol–water partition coefficient (Wildman–Crippen LogP) is 4.72. The van der Waals surface area contributed by atoms with E-state index in [4.69, 9.17) is 11.6 Å². The molecule has 3 aromatic rings. The van der Waals surface area contributed by atoms with Gasteiger partial charge in [0.2, 0.25) is 0 Å². The molecule has 160 valence electrons. The van der Waals surface area contributed by atoms with Gasteiger partial charge in [0.15, 0.2) is 0 Å². The van der Waals surface area contributed by atoms with E-state index in [1.165, 1.54) is 46.8 Å². The monoisotopic (exact) mass is 459 g/mol. The third kappa shape index (κ3) is 4.84. The van der Waals surface area contributed by atoms with Gasteiger partial charge < -0.3 is 5.32 Å². The molecule has 0 bridgehead atoms. The largest absolute Gasteiger partial charge is 0.322 e. The summed E-state index contributed by atoms with van der Waals surface area (Å²) < 4.78 is 27.7. The summed E-state index contributed by atoms with van der Waals surface area (Å²) in [6.07, 6.45) is 0. The fourth-order valence-corrected chi connectivity index (χ4v) is 4.90. The van der Waals surface area contributed by atoms with Crippen molar-refractivity contribution in [3.8, 4) is 0 Å². The van der Waals surface area contributed by atoms with Crippen LogP contribution in [-0.2, 0) is 10.0 Å². The van der Waals surface area contributed by atoms with Crippen LogP contribution in [0.15, 0.2) is 77.7 Å². The van der Waals surface area contributed by atoms with Crippen LogP contribution in [0.2, 0.25) is 5.02 Å². The minimum absolute atomic E-state index is 0.0164. The highest BCUT2D eigenvalue weighted by molar-refractivity contribution is 7.93. The van der Waals surface area contributed by atoms with Crippen LogP contribution in [0.25, 0.3) is 0 Å². The van der Waals surface area contributed by atoms with Gasteiger partial charge in [0.1, 0.15) is 4.90 Å². The van der Waals surface area contributed by atoms with Crippen molar-refractivity contribution in [3.05, 3.63) is 93.5 Å². The Kier molecular flexibility index (Phi) is 6.57. The molecule has 0 radical (unpaired) electrons. The number of hydrogen-bond acceptors (Lipinski definition) is 5. The maximum Gasteiger partial charge on any atom is 0.269 e. The van der Waals surface area contributed by atoms with Gasteiger partial charge in [0, 0.05) is 29.9 Å². The summed E-state index contributed by atoms with van der Waals surface area (Å²) in [5.74, 6) is -0.545. The van der Waals surface area contributed by atoms with Crippen molar-refractivity contribution in [1.29, 1.82) is 0 Å². The molecule has 0 aromatic heterocycles. The van der Waals surface area contributed by atoms with Gasteiger partial charge in [-0.15, -0.1) is 0 Å². The third-order valence-electron chi connectivity index (χ3n) is 4.43. The Labute approximate surface area is 184 Å². The standard InChI is InChI=1S/C21H18ClN3O5S/c1-2-24(17-6-4-3-5-7-17)31(29,30)20-14-16(10-13-19(20)22)23-21(26)15-8-11-18(12-9-15)25(27)28/h3-14H,2H2,1H3,(H,23,26). The van der Waals surface area contributed by atoms with E-state index in [1.54, 1.807) is 37.3 Å². The Bertz CT molecular complexity index is 1220. The number of hydrogen-bond donors (Lipinski definition) is 1. The van der Waals surface area contributed by atoms with Crippen LogP contribution in [0, 0.1) is 10.1 Å². The highest BCUT2D eigenvalue weighted by Crippen LogP contribution is 2.30. The fraction of sp³-hybridized carbons (Fsp3) is 0.0952. The second kappa shape index (κ2) is 9.15. The molecule has 1 amide bonds. The summed E-state index contributed by atoms with van der Waals surface area (Å²) in [5, 5.41) is 13.4. The van der Waals surface area contributed by atoms with E-state index < -0.39 is 20.9 Å². The summed E-state index contributed by atoms with van der Waals surface area (Å²) in [5.41, 5.74) is 0.748. The smallest absolute Gasteiger partial charge is 0.269 e. The molecule has 0 spiro atoms. The average molecular weight is 460 g/mol. The van der Waals surface area contributed by atoms with E-state index in [9.17, 15) is 23.3 Å². The zero-order valence-electron chi connectivity index (χ0n) is 16.4. The fourth-order valence-electron chi connectivity index (χ4n) is 2.92. The number of amides is 1. The van der Waals surface area contributed by atoms with E-state index in [1.807, 2.05) is 0 Å². The van der Waals surface area contributed by atoms with Crippen LogP contribution in [-0.4, -0.2) is 25.8 Å². The van der Waals surface area contributed by atoms with Crippen LogP contribution in [0.1, 0.15) is 17.3 Å². The minimum atomic E-state index is -4.00. The molecule has 0 saturated carbocycles. The SMILES string of the molecule is CCN(c1ccccc1)S(=O)(=O)c1cc(NC(=O)c2ccc([N+](=O)[O-])cc2)ccc1Cl. The quantitative estimate of drug-likeness (QED) is 0.406. The van der Waals surface area contributed by atoms with Crippen LogP contribution in [0.5, 0.6) is 0 Å². The number of benzene rings is 3. The number of carbonyl (C=O) groups is 1. The van der Waals surface area contributed by atoms with E-state index in [0.717, 1.165) is 0 Å². The van der Waals surface area contributed by atoms with Gasteiger partial charge in [-0.25, -0.2) is 8.42 Å². The van der Waals surface area contributed by atoms with Crippen LogP contribution in [0.4, 0.5) is 17.1 Å². The number of nitro benzene ring substituents is 1. The molecule has 0 fully saturated rings. The Morgan fingerprint density at radius 1 is 1.06 bits per heavy atom. The lowest BCUT2D eigenvalue weighted by Gasteiger charge is -2.23. The van der Waals surface area contributed by atoms with Crippen molar-refractivity contribution in [2.24, 2.45) is 0 Å². The van der Waals surface area contributed by atoms with Gasteiger partial charge in [0.05, 0.1) is 15.6 Å². The van der Waals surface area contributed by atoms with E-state index in [2.05, 4.69) is 5.32 Å². The Morgan fingerprint density at radius 3 is 2.29 bits per heavy atom. The second-order valence-electron chi connectivity index (χ2n) is 6.41. The Hall–Kier alpha value is -3.43. The molecule has 0 unspecified atom stereocenters. The molecule has 0 heterocycles. The summed E-state index contributed by atoms with van der Waals surface area (Å²) in [6.45, 7) is 1.89. The van der Waals surface area contributed by atoms with E-state index in [0.29, 0.717) is 5.69 Å². The van der Waals surface area contributed by atoms with Gasteiger partial charge in [-0.05, 0) is 49.4 Å². The molecule has 1 N–H and O–H groups in total. The van der Waals surface area contributed by atoms with Crippen LogP contribution < -0.4 is 9.62 Å². The molecule has 31 heavy (non-hydrogen) atoms. The van der Waals surface area contributed by atoms with Crippen LogP contribution in [0.3, 0.4) is 0 Å². The lowest BCUT2D eigenvalue weighted by Crippen LogP contribution is -2.31. The van der Waals surface area contributed by atoms with E-state index in [-0.39, 0.29) is 33.4 Å². The molecule has 0 aliphatic carbocycles. The number of anilines is 2. The number of sulfonamides is 1. The predicted molar refractivity (Wildman–Crippen MR) is 119 cm³/mol. The zero-order valence-corrected chi connectivity index (χ0v) is 17.9. The average Bonchev–Trinajstić information content (AvgIpc) is 2.76. The number of halogens is 1. The Balaban J connectivity index is 1.90. The molecule has 3 aromatic carbocycles. The van der Waals surface area contributed by atoms with Crippen molar-refractivity contribution in [1.82, 2.24) is 0 Å². The first-order valence-corrected chi connectivity index (χ1v) is 11.0.